The first-order valence-corrected chi connectivity index (χ1v) is 9.50. The third-order valence-corrected chi connectivity index (χ3v) is 4.90. The fourth-order valence-corrected chi connectivity index (χ4v) is 3.41. The van der Waals surface area contributed by atoms with Crippen LogP contribution in [0.5, 0.6) is 5.75 Å². The van der Waals surface area contributed by atoms with E-state index in [1.807, 2.05) is 0 Å². The third kappa shape index (κ3) is 3.96. The molecule has 164 valence electrons. The van der Waals surface area contributed by atoms with E-state index < -0.39 is 23.6 Å². The molecule has 0 aliphatic carbocycles. The van der Waals surface area contributed by atoms with Crippen molar-refractivity contribution in [3.63, 3.8) is 0 Å². The Hall–Kier alpha value is -4.01. The molecule has 0 saturated carbocycles. The van der Waals surface area contributed by atoms with E-state index in [1.54, 1.807) is 36.4 Å². The predicted molar refractivity (Wildman–Crippen MR) is 109 cm³/mol. The molecule has 1 N–H and O–H groups in total. The number of imide groups is 1. The number of para-hydroxylation sites is 1. The number of nitrogens with one attached hydrogen (secondary N) is 1. The molecule has 1 aliphatic heterocycles. The van der Waals surface area contributed by atoms with Crippen molar-refractivity contribution in [3.8, 4) is 5.75 Å². The molecular formula is C23H17F3N2O4. The quantitative estimate of drug-likeness (QED) is 0.561. The van der Waals surface area contributed by atoms with Gasteiger partial charge in [0.2, 0.25) is 0 Å². The van der Waals surface area contributed by atoms with Crippen molar-refractivity contribution in [2.24, 2.45) is 0 Å². The molecule has 0 spiro atoms. The summed E-state index contributed by atoms with van der Waals surface area (Å²) in [7, 11) is 1.42. The molecule has 2 amide bonds. The number of furan rings is 1. The van der Waals surface area contributed by atoms with E-state index in [0.717, 1.165) is 17.0 Å². The highest BCUT2D eigenvalue weighted by atomic mass is 19.4. The molecule has 0 bridgehead atoms. The van der Waals surface area contributed by atoms with Crippen molar-refractivity contribution in [1.29, 1.82) is 0 Å². The first-order chi connectivity index (χ1) is 15.3. The Morgan fingerprint density at radius 3 is 2.47 bits per heavy atom. The summed E-state index contributed by atoms with van der Waals surface area (Å²) in [4.78, 5) is 27.4. The lowest BCUT2D eigenvalue weighted by Crippen LogP contribution is -2.31. The number of hydrogen-bond donors (Lipinski definition) is 1. The molecular weight excluding hydrogens is 425 g/mol. The van der Waals surface area contributed by atoms with Crippen LogP contribution in [0.1, 0.15) is 16.9 Å². The van der Waals surface area contributed by atoms with E-state index in [-0.39, 0.29) is 23.5 Å². The van der Waals surface area contributed by atoms with Crippen LogP contribution in [0, 0.1) is 0 Å². The molecule has 0 atom stereocenters. The van der Waals surface area contributed by atoms with Gasteiger partial charge in [0.15, 0.2) is 0 Å². The van der Waals surface area contributed by atoms with Crippen LogP contribution >= 0.6 is 0 Å². The maximum atomic E-state index is 13.3. The Kier molecular flexibility index (Phi) is 5.48. The number of alkyl halides is 3. The molecule has 6 nitrogen and oxygen atoms in total. The Bertz CT molecular complexity index is 1200. The topological polar surface area (TPSA) is 71.8 Å². The van der Waals surface area contributed by atoms with E-state index in [0.29, 0.717) is 17.1 Å². The first kappa shape index (κ1) is 21.2. The molecule has 3 aromatic rings. The molecule has 32 heavy (non-hydrogen) atoms. The van der Waals surface area contributed by atoms with Crippen LogP contribution in [-0.4, -0.2) is 23.8 Å². The maximum Gasteiger partial charge on any atom is 0.416 e. The highest BCUT2D eigenvalue weighted by Crippen LogP contribution is 2.37. The Balaban J connectivity index is 1.79. The average Bonchev–Trinajstić information content (AvgIpc) is 3.36. The molecule has 0 saturated heterocycles. The summed E-state index contributed by atoms with van der Waals surface area (Å²) >= 11 is 0. The van der Waals surface area contributed by atoms with Crippen LogP contribution < -0.4 is 10.1 Å². The minimum atomic E-state index is -4.56. The van der Waals surface area contributed by atoms with Gasteiger partial charge in [-0.1, -0.05) is 24.3 Å². The number of amides is 2. The van der Waals surface area contributed by atoms with Gasteiger partial charge in [0, 0.05) is 11.3 Å². The highest BCUT2D eigenvalue weighted by molar-refractivity contribution is 6.36. The number of halogens is 3. The largest absolute Gasteiger partial charge is 0.496 e. The van der Waals surface area contributed by atoms with E-state index in [1.165, 1.54) is 25.5 Å². The summed E-state index contributed by atoms with van der Waals surface area (Å²) in [6.07, 6.45) is -3.14. The van der Waals surface area contributed by atoms with E-state index in [4.69, 9.17) is 9.15 Å². The number of anilines is 1. The lowest BCUT2D eigenvalue weighted by atomic mass is 10.0. The summed E-state index contributed by atoms with van der Waals surface area (Å²) in [5.74, 6) is -0.590. The highest BCUT2D eigenvalue weighted by Gasteiger charge is 2.41. The molecule has 2 aromatic carbocycles. The number of methoxy groups -OCH3 is 1. The standard InChI is InChI=1S/C23H17F3N2O4/c1-31-18-10-3-2-9-17(18)19-20(27-15-7-4-6-14(12-15)23(24,25)26)22(30)28(21(19)29)13-16-8-5-11-32-16/h2-12,27H,13H2,1H3. The lowest BCUT2D eigenvalue weighted by molar-refractivity contribution is -0.138. The molecule has 2 heterocycles. The van der Waals surface area contributed by atoms with Gasteiger partial charge in [0.1, 0.15) is 17.2 Å². The number of nitrogens with zero attached hydrogens (tertiary/aromatic N) is 1. The minimum Gasteiger partial charge on any atom is -0.496 e. The van der Waals surface area contributed by atoms with Crippen molar-refractivity contribution in [3.05, 3.63) is 89.5 Å². The van der Waals surface area contributed by atoms with E-state index in [9.17, 15) is 22.8 Å². The fraction of sp³-hybridized carbons (Fsp3) is 0.130. The zero-order valence-corrected chi connectivity index (χ0v) is 16.8. The first-order valence-electron chi connectivity index (χ1n) is 9.50. The SMILES string of the molecule is COc1ccccc1C1=C(Nc2cccc(C(F)(F)F)c2)C(=O)N(Cc2ccco2)C1=O. The molecule has 0 unspecified atom stereocenters. The number of hydrogen-bond acceptors (Lipinski definition) is 5. The summed E-state index contributed by atoms with van der Waals surface area (Å²) in [5, 5.41) is 2.72. The van der Waals surface area contributed by atoms with Gasteiger partial charge in [-0.2, -0.15) is 13.2 Å². The predicted octanol–water partition coefficient (Wildman–Crippen LogP) is 4.70. The number of carbonyl (C=O) groups excluding carboxylic acids is 2. The lowest BCUT2D eigenvalue weighted by Gasteiger charge is -2.14. The van der Waals surface area contributed by atoms with Crippen LogP contribution in [0.25, 0.3) is 5.57 Å². The van der Waals surface area contributed by atoms with Crippen molar-refractivity contribution in [2.45, 2.75) is 12.7 Å². The van der Waals surface area contributed by atoms with Crippen LogP contribution in [0.4, 0.5) is 18.9 Å². The Morgan fingerprint density at radius 1 is 1.00 bits per heavy atom. The fourth-order valence-electron chi connectivity index (χ4n) is 3.41. The molecule has 0 radical (unpaired) electrons. The molecule has 1 aliphatic rings. The molecule has 4 rings (SSSR count). The summed E-state index contributed by atoms with van der Waals surface area (Å²) in [6, 6.07) is 14.2. The summed E-state index contributed by atoms with van der Waals surface area (Å²) in [6.45, 7) is -0.128. The van der Waals surface area contributed by atoms with Gasteiger partial charge in [-0.3, -0.25) is 14.5 Å². The molecule has 9 heteroatoms. The van der Waals surface area contributed by atoms with Gasteiger partial charge < -0.3 is 14.5 Å². The van der Waals surface area contributed by atoms with E-state index >= 15 is 0 Å². The smallest absolute Gasteiger partial charge is 0.416 e. The second-order valence-electron chi connectivity index (χ2n) is 6.93. The second kappa shape index (κ2) is 8.26. The van der Waals surface area contributed by atoms with Crippen LogP contribution in [-0.2, 0) is 22.3 Å². The Labute approximate surface area is 180 Å². The zero-order valence-electron chi connectivity index (χ0n) is 16.8. The second-order valence-corrected chi connectivity index (χ2v) is 6.93. The van der Waals surface area contributed by atoms with Gasteiger partial charge in [-0.05, 0) is 36.4 Å². The number of ether oxygens (including phenoxy) is 1. The van der Waals surface area contributed by atoms with Gasteiger partial charge in [0.05, 0.1) is 31.1 Å². The van der Waals surface area contributed by atoms with Crippen LogP contribution in [0.15, 0.2) is 77.0 Å². The summed E-state index contributed by atoms with van der Waals surface area (Å²) in [5.41, 5.74) is -0.680. The monoisotopic (exact) mass is 442 g/mol. The van der Waals surface area contributed by atoms with Crippen molar-refractivity contribution < 1.29 is 31.9 Å². The van der Waals surface area contributed by atoms with Gasteiger partial charge in [-0.15, -0.1) is 0 Å². The average molecular weight is 442 g/mol. The zero-order chi connectivity index (χ0) is 22.9. The van der Waals surface area contributed by atoms with Gasteiger partial charge in [0.25, 0.3) is 11.8 Å². The van der Waals surface area contributed by atoms with Crippen LogP contribution in [0.2, 0.25) is 0 Å². The summed E-state index contributed by atoms with van der Waals surface area (Å²) < 4.78 is 50.0. The van der Waals surface area contributed by atoms with Crippen molar-refractivity contribution in [1.82, 2.24) is 4.90 Å². The minimum absolute atomic E-state index is 0.00332. The van der Waals surface area contributed by atoms with Crippen molar-refractivity contribution in [2.75, 3.05) is 12.4 Å². The Morgan fingerprint density at radius 2 is 1.78 bits per heavy atom. The number of carbonyl (C=O) groups is 2. The molecule has 1 aromatic heterocycles. The third-order valence-electron chi connectivity index (χ3n) is 4.90. The van der Waals surface area contributed by atoms with Crippen LogP contribution in [0.3, 0.4) is 0 Å². The van der Waals surface area contributed by atoms with Crippen molar-refractivity contribution >= 4 is 23.1 Å². The maximum absolute atomic E-state index is 13.3. The number of benzene rings is 2. The molecule has 0 fully saturated rings. The van der Waals surface area contributed by atoms with E-state index in [2.05, 4.69) is 5.32 Å². The van der Waals surface area contributed by atoms with Gasteiger partial charge >= 0.3 is 6.18 Å². The number of rotatable bonds is 6. The normalized spacial score (nSPS) is 14.3. The van der Waals surface area contributed by atoms with Gasteiger partial charge in [-0.25, -0.2) is 0 Å².